The molecule has 162 valence electrons. The molecule has 7 nitrogen and oxygen atoms in total. The second-order valence-corrected chi connectivity index (χ2v) is 6.96. The number of hydrogen-bond acceptors (Lipinski definition) is 6. The predicted octanol–water partition coefficient (Wildman–Crippen LogP) is 5.48. The Morgan fingerprint density at radius 1 is 0.875 bits per heavy atom. The molecule has 0 bridgehead atoms. The van der Waals surface area contributed by atoms with Crippen molar-refractivity contribution in [3.8, 4) is 17.2 Å². The predicted molar refractivity (Wildman–Crippen MR) is 125 cm³/mol. The first-order valence-electron chi connectivity index (χ1n) is 10.0. The molecule has 3 aromatic carbocycles. The van der Waals surface area contributed by atoms with Crippen LogP contribution in [-0.2, 0) is 6.54 Å². The minimum Gasteiger partial charge on any atom is -0.497 e. The van der Waals surface area contributed by atoms with Gasteiger partial charge in [-0.2, -0.15) is 0 Å². The molecule has 0 unspecified atom stereocenters. The Kier molecular flexibility index (Phi) is 6.36. The SMILES string of the molecule is COc1ccc(OC(=O)Nc2ccc3nc(NCc4ccccc4OC)ccc3c2)cc1. The van der Waals surface area contributed by atoms with Crippen molar-refractivity contribution in [3.05, 3.63) is 84.4 Å². The van der Waals surface area contributed by atoms with Gasteiger partial charge >= 0.3 is 6.09 Å². The van der Waals surface area contributed by atoms with Gasteiger partial charge in [-0.15, -0.1) is 0 Å². The van der Waals surface area contributed by atoms with Crippen LogP contribution in [0, 0.1) is 0 Å². The van der Waals surface area contributed by atoms with Gasteiger partial charge in [0, 0.05) is 23.2 Å². The van der Waals surface area contributed by atoms with Crippen LogP contribution < -0.4 is 24.8 Å². The van der Waals surface area contributed by atoms with E-state index in [1.165, 1.54) is 0 Å². The van der Waals surface area contributed by atoms with Gasteiger partial charge < -0.3 is 19.5 Å². The molecule has 32 heavy (non-hydrogen) atoms. The lowest BCUT2D eigenvalue weighted by Gasteiger charge is -2.11. The fourth-order valence-electron chi connectivity index (χ4n) is 3.23. The second-order valence-electron chi connectivity index (χ2n) is 6.96. The number of carbonyl (C=O) groups is 1. The van der Waals surface area contributed by atoms with E-state index in [1.807, 2.05) is 48.5 Å². The topological polar surface area (TPSA) is 81.7 Å². The lowest BCUT2D eigenvalue weighted by molar-refractivity contribution is 0.215. The molecule has 4 rings (SSSR count). The van der Waals surface area contributed by atoms with E-state index in [9.17, 15) is 4.79 Å². The quantitative estimate of drug-likeness (QED) is 0.405. The summed E-state index contributed by atoms with van der Waals surface area (Å²) in [7, 11) is 3.24. The highest BCUT2D eigenvalue weighted by atomic mass is 16.6. The third-order valence-electron chi connectivity index (χ3n) is 4.86. The van der Waals surface area contributed by atoms with E-state index >= 15 is 0 Å². The first-order valence-corrected chi connectivity index (χ1v) is 10.0. The molecule has 0 saturated heterocycles. The molecule has 0 atom stereocenters. The number of amides is 1. The number of carbonyl (C=O) groups excluding carboxylic acids is 1. The number of nitrogens with one attached hydrogen (secondary N) is 2. The summed E-state index contributed by atoms with van der Waals surface area (Å²) >= 11 is 0. The Morgan fingerprint density at radius 2 is 1.66 bits per heavy atom. The van der Waals surface area contributed by atoms with Gasteiger partial charge in [-0.3, -0.25) is 5.32 Å². The molecule has 0 aliphatic rings. The number of aromatic nitrogens is 1. The zero-order valence-corrected chi connectivity index (χ0v) is 17.8. The van der Waals surface area contributed by atoms with Crippen LogP contribution in [0.3, 0.4) is 0 Å². The Hall–Kier alpha value is -4.26. The van der Waals surface area contributed by atoms with Gasteiger partial charge in [-0.25, -0.2) is 9.78 Å². The maximum atomic E-state index is 12.2. The molecule has 0 fully saturated rings. The molecule has 1 amide bonds. The number of para-hydroxylation sites is 1. The van der Waals surface area contributed by atoms with E-state index in [0.717, 1.165) is 28.0 Å². The van der Waals surface area contributed by atoms with E-state index in [4.69, 9.17) is 14.2 Å². The van der Waals surface area contributed by atoms with Crippen LogP contribution in [0.5, 0.6) is 17.2 Å². The number of fused-ring (bicyclic) bond motifs is 1. The van der Waals surface area contributed by atoms with Gasteiger partial charge in [0.2, 0.25) is 0 Å². The van der Waals surface area contributed by atoms with E-state index < -0.39 is 6.09 Å². The van der Waals surface area contributed by atoms with E-state index in [0.29, 0.717) is 23.7 Å². The number of nitrogens with zero attached hydrogens (tertiary/aromatic N) is 1. The summed E-state index contributed by atoms with van der Waals surface area (Å²) in [5, 5.41) is 6.95. The zero-order chi connectivity index (χ0) is 22.3. The van der Waals surface area contributed by atoms with Crippen molar-refractivity contribution in [2.24, 2.45) is 0 Å². The number of rotatable bonds is 7. The zero-order valence-electron chi connectivity index (χ0n) is 17.8. The van der Waals surface area contributed by atoms with Crippen molar-refractivity contribution in [2.45, 2.75) is 6.54 Å². The standard InChI is InChI=1S/C25H23N3O4/c1-30-20-9-11-21(12-10-20)32-25(29)27-19-8-13-22-17(15-19)7-14-24(28-22)26-16-18-5-3-4-6-23(18)31-2/h3-15H,16H2,1-2H3,(H,26,28)(H,27,29). The molecular weight excluding hydrogens is 406 g/mol. The normalized spacial score (nSPS) is 10.4. The third kappa shape index (κ3) is 5.07. The van der Waals surface area contributed by atoms with Crippen molar-refractivity contribution in [2.75, 3.05) is 24.9 Å². The van der Waals surface area contributed by atoms with Crippen molar-refractivity contribution >= 4 is 28.5 Å². The molecule has 2 N–H and O–H groups in total. The molecule has 0 spiro atoms. The number of ether oxygens (including phenoxy) is 3. The van der Waals surface area contributed by atoms with E-state index in [1.54, 1.807) is 44.6 Å². The lowest BCUT2D eigenvalue weighted by Crippen LogP contribution is -2.16. The smallest absolute Gasteiger partial charge is 0.417 e. The van der Waals surface area contributed by atoms with Crippen molar-refractivity contribution in [1.82, 2.24) is 4.98 Å². The minimum atomic E-state index is -0.572. The summed E-state index contributed by atoms with van der Waals surface area (Å²) in [5.41, 5.74) is 2.48. The molecule has 7 heteroatoms. The third-order valence-corrected chi connectivity index (χ3v) is 4.86. The summed E-state index contributed by atoms with van der Waals surface area (Å²) in [4.78, 5) is 16.8. The van der Waals surface area contributed by atoms with Crippen LogP contribution in [0.4, 0.5) is 16.3 Å². The first-order chi connectivity index (χ1) is 15.6. The molecule has 4 aromatic rings. The fraction of sp³-hybridized carbons (Fsp3) is 0.120. The molecule has 0 aliphatic carbocycles. The number of anilines is 2. The van der Waals surface area contributed by atoms with Crippen LogP contribution in [-0.4, -0.2) is 25.3 Å². The van der Waals surface area contributed by atoms with Gasteiger partial charge in [-0.1, -0.05) is 18.2 Å². The largest absolute Gasteiger partial charge is 0.497 e. The van der Waals surface area contributed by atoms with Gasteiger partial charge in [0.1, 0.15) is 23.1 Å². The summed E-state index contributed by atoms with van der Waals surface area (Å²) < 4.78 is 15.8. The van der Waals surface area contributed by atoms with Gasteiger partial charge in [0.15, 0.2) is 0 Å². The van der Waals surface area contributed by atoms with Gasteiger partial charge in [0.25, 0.3) is 0 Å². The van der Waals surface area contributed by atoms with Crippen LogP contribution in [0.2, 0.25) is 0 Å². The molecule has 0 aliphatic heterocycles. The Labute approximate surface area is 186 Å². The van der Waals surface area contributed by atoms with Gasteiger partial charge in [-0.05, 0) is 60.7 Å². The van der Waals surface area contributed by atoms with Crippen molar-refractivity contribution < 1.29 is 19.0 Å². The average Bonchev–Trinajstić information content (AvgIpc) is 2.83. The van der Waals surface area contributed by atoms with Crippen LogP contribution in [0.1, 0.15) is 5.56 Å². The summed E-state index contributed by atoms with van der Waals surface area (Å²) in [5.74, 6) is 2.70. The molecule has 1 aromatic heterocycles. The van der Waals surface area contributed by atoms with Crippen LogP contribution in [0.15, 0.2) is 78.9 Å². The maximum absolute atomic E-state index is 12.2. The van der Waals surface area contributed by atoms with Crippen LogP contribution >= 0.6 is 0 Å². The number of hydrogen-bond donors (Lipinski definition) is 2. The minimum absolute atomic E-state index is 0.427. The highest BCUT2D eigenvalue weighted by Crippen LogP contribution is 2.23. The molecule has 1 heterocycles. The lowest BCUT2D eigenvalue weighted by atomic mass is 10.2. The number of benzene rings is 3. The maximum Gasteiger partial charge on any atom is 0.417 e. The summed E-state index contributed by atoms with van der Waals surface area (Å²) in [6, 6.07) is 24.0. The summed E-state index contributed by atoms with van der Waals surface area (Å²) in [6.45, 7) is 0.597. The van der Waals surface area contributed by atoms with Crippen LogP contribution in [0.25, 0.3) is 10.9 Å². The fourth-order valence-corrected chi connectivity index (χ4v) is 3.23. The monoisotopic (exact) mass is 429 g/mol. The molecule has 0 saturated carbocycles. The van der Waals surface area contributed by atoms with Crippen molar-refractivity contribution in [3.63, 3.8) is 0 Å². The summed E-state index contributed by atoms with van der Waals surface area (Å²) in [6.07, 6.45) is -0.572. The van der Waals surface area contributed by atoms with E-state index in [-0.39, 0.29) is 0 Å². The molecule has 0 radical (unpaired) electrons. The van der Waals surface area contributed by atoms with Gasteiger partial charge in [0.05, 0.1) is 19.7 Å². The molecular formula is C25H23N3O4. The number of methoxy groups -OCH3 is 2. The number of pyridine rings is 1. The Morgan fingerprint density at radius 3 is 2.44 bits per heavy atom. The highest BCUT2D eigenvalue weighted by Gasteiger charge is 2.08. The second kappa shape index (κ2) is 9.70. The average molecular weight is 429 g/mol. The van der Waals surface area contributed by atoms with E-state index in [2.05, 4.69) is 15.6 Å². The Bertz CT molecular complexity index is 1230. The Balaban J connectivity index is 1.40. The highest BCUT2D eigenvalue weighted by molar-refractivity contribution is 5.91. The van der Waals surface area contributed by atoms with Crippen molar-refractivity contribution in [1.29, 1.82) is 0 Å². The first kappa shape index (κ1) is 21.0.